The van der Waals surface area contributed by atoms with Crippen molar-refractivity contribution in [2.24, 2.45) is 5.92 Å². The third kappa shape index (κ3) is 3.27. The van der Waals surface area contributed by atoms with Crippen LogP contribution in [-0.4, -0.2) is 36.6 Å². The molecule has 1 saturated heterocycles. The van der Waals surface area contributed by atoms with Gasteiger partial charge in [-0.15, -0.1) is 11.3 Å². The summed E-state index contributed by atoms with van der Waals surface area (Å²) in [6.45, 7) is 5.82. The number of likely N-dealkylation sites (tertiary alicyclic amines) is 1. The predicted molar refractivity (Wildman–Crippen MR) is 68.8 cm³/mol. The lowest BCUT2D eigenvalue weighted by Crippen LogP contribution is -2.35. The molecule has 0 amide bonds. The van der Waals surface area contributed by atoms with Crippen LogP contribution in [0.4, 0.5) is 0 Å². The Morgan fingerprint density at radius 1 is 1.56 bits per heavy atom. The van der Waals surface area contributed by atoms with Gasteiger partial charge in [-0.25, -0.2) is 4.98 Å². The lowest BCUT2D eigenvalue weighted by Gasteiger charge is -2.29. The molecule has 1 aromatic rings. The minimum atomic E-state index is 0.394. The van der Waals surface area contributed by atoms with Gasteiger partial charge in [0.1, 0.15) is 0 Å². The van der Waals surface area contributed by atoms with E-state index in [1.807, 2.05) is 5.51 Å². The second-order valence-electron chi connectivity index (χ2n) is 4.79. The molecular weight excluding hydrogens is 218 g/mol. The molecule has 4 heteroatoms. The molecule has 1 atom stereocenters. The average molecular weight is 239 g/mol. The third-order valence-corrected chi connectivity index (χ3v) is 4.05. The molecule has 2 heterocycles. The summed E-state index contributed by atoms with van der Waals surface area (Å²) in [5.41, 5.74) is 3.08. The Kier molecular flexibility index (Phi) is 4.32. The van der Waals surface area contributed by atoms with Crippen LogP contribution in [0, 0.1) is 5.92 Å². The maximum absolute atomic E-state index is 4.34. The van der Waals surface area contributed by atoms with Gasteiger partial charge in [-0.05, 0) is 52.4 Å². The Morgan fingerprint density at radius 3 is 2.94 bits per heavy atom. The van der Waals surface area contributed by atoms with Crippen LogP contribution in [0.3, 0.4) is 0 Å². The maximum atomic E-state index is 4.34. The molecule has 0 aliphatic carbocycles. The maximum Gasteiger partial charge on any atom is 0.0795 e. The summed E-state index contributed by atoms with van der Waals surface area (Å²) in [4.78, 5) is 6.76. The van der Waals surface area contributed by atoms with Gasteiger partial charge in [0.15, 0.2) is 0 Å². The number of piperidine rings is 1. The van der Waals surface area contributed by atoms with Gasteiger partial charge in [-0.1, -0.05) is 0 Å². The molecule has 16 heavy (non-hydrogen) atoms. The molecular formula is C12H21N3S. The summed E-state index contributed by atoms with van der Waals surface area (Å²) in [6, 6.07) is 0.394. The van der Waals surface area contributed by atoms with Crippen molar-refractivity contribution in [3.8, 4) is 0 Å². The van der Waals surface area contributed by atoms with Gasteiger partial charge in [0.05, 0.1) is 11.2 Å². The average Bonchev–Trinajstić information content (AvgIpc) is 2.81. The van der Waals surface area contributed by atoms with Crippen molar-refractivity contribution in [1.29, 1.82) is 0 Å². The minimum Gasteiger partial charge on any atom is -0.309 e. The first kappa shape index (κ1) is 12.0. The smallest absolute Gasteiger partial charge is 0.0795 e. The summed E-state index contributed by atoms with van der Waals surface area (Å²) >= 11 is 1.67. The fourth-order valence-electron chi connectivity index (χ4n) is 2.15. The zero-order chi connectivity index (χ0) is 11.4. The Bertz CT molecular complexity index is 291. The molecule has 90 valence electrons. The Balaban J connectivity index is 1.71. The highest BCUT2D eigenvalue weighted by molar-refractivity contribution is 7.07. The molecule has 0 spiro atoms. The molecule has 1 aromatic heterocycles. The Morgan fingerprint density at radius 2 is 2.31 bits per heavy atom. The summed E-state index contributed by atoms with van der Waals surface area (Å²) < 4.78 is 0. The predicted octanol–water partition coefficient (Wildman–Crippen LogP) is 2.14. The second kappa shape index (κ2) is 5.75. The van der Waals surface area contributed by atoms with Gasteiger partial charge in [-0.3, -0.25) is 0 Å². The number of hydrogen-bond donors (Lipinski definition) is 1. The standard InChI is InChI=1S/C12H21N3S/c1-10(12-8-16-9-14-12)13-7-11-3-5-15(2)6-4-11/h8-11,13H,3-7H2,1-2H3. The van der Waals surface area contributed by atoms with E-state index in [2.05, 4.69) is 34.6 Å². The van der Waals surface area contributed by atoms with Crippen molar-refractivity contribution >= 4 is 11.3 Å². The summed E-state index contributed by atoms with van der Waals surface area (Å²) in [5.74, 6) is 0.845. The van der Waals surface area contributed by atoms with E-state index in [1.54, 1.807) is 11.3 Å². The fraction of sp³-hybridized carbons (Fsp3) is 0.750. The van der Waals surface area contributed by atoms with E-state index in [9.17, 15) is 0 Å². The Labute approximate surface area is 102 Å². The molecule has 0 saturated carbocycles. The van der Waals surface area contributed by atoms with Gasteiger partial charge in [-0.2, -0.15) is 0 Å². The van der Waals surface area contributed by atoms with Gasteiger partial charge in [0, 0.05) is 11.4 Å². The first-order chi connectivity index (χ1) is 7.75. The Hall–Kier alpha value is -0.450. The molecule has 2 rings (SSSR count). The number of thiazole rings is 1. The quantitative estimate of drug-likeness (QED) is 0.872. The largest absolute Gasteiger partial charge is 0.309 e. The van der Waals surface area contributed by atoms with Crippen molar-refractivity contribution in [2.75, 3.05) is 26.7 Å². The van der Waals surface area contributed by atoms with E-state index in [-0.39, 0.29) is 0 Å². The highest BCUT2D eigenvalue weighted by Gasteiger charge is 2.17. The first-order valence-corrected chi connectivity index (χ1v) is 7.00. The number of rotatable bonds is 4. The molecule has 3 nitrogen and oxygen atoms in total. The van der Waals surface area contributed by atoms with Crippen LogP contribution in [0.2, 0.25) is 0 Å². The normalized spacial score (nSPS) is 21.1. The molecule has 1 fully saturated rings. The minimum absolute atomic E-state index is 0.394. The van der Waals surface area contributed by atoms with Crippen molar-refractivity contribution < 1.29 is 0 Å². The zero-order valence-corrected chi connectivity index (χ0v) is 11.0. The van der Waals surface area contributed by atoms with Crippen LogP contribution in [-0.2, 0) is 0 Å². The lowest BCUT2D eigenvalue weighted by molar-refractivity contribution is 0.213. The number of aromatic nitrogens is 1. The SMILES string of the molecule is CC(NCC1CCN(C)CC1)c1cscn1. The van der Waals surface area contributed by atoms with Crippen molar-refractivity contribution in [2.45, 2.75) is 25.8 Å². The van der Waals surface area contributed by atoms with Crippen LogP contribution in [0.15, 0.2) is 10.9 Å². The summed E-state index contributed by atoms with van der Waals surface area (Å²) in [6.07, 6.45) is 2.65. The number of nitrogens with one attached hydrogen (secondary N) is 1. The first-order valence-electron chi connectivity index (χ1n) is 6.05. The molecule has 1 aliphatic rings. The molecule has 0 aromatic carbocycles. The van der Waals surface area contributed by atoms with Crippen molar-refractivity contribution in [3.63, 3.8) is 0 Å². The highest BCUT2D eigenvalue weighted by atomic mass is 32.1. The van der Waals surface area contributed by atoms with Crippen molar-refractivity contribution in [1.82, 2.24) is 15.2 Å². The van der Waals surface area contributed by atoms with Gasteiger partial charge < -0.3 is 10.2 Å². The molecule has 0 bridgehead atoms. The monoisotopic (exact) mass is 239 g/mol. The van der Waals surface area contributed by atoms with Gasteiger partial charge in [0.2, 0.25) is 0 Å². The number of hydrogen-bond acceptors (Lipinski definition) is 4. The van der Waals surface area contributed by atoms with E-state index in [0.717, 1.165) is 12.5 Å². The topological polar surface area (TPSA) is 28.2 Å². The zero-order valence-electron chi connectivity index (χ0n) is 10.1. The molecule has 1 aliphatic heterocycles. The van der Waals surface area contributed by atoms with Crippen LogP contribution in [0.5, 0.6) is 0 Å². The van der Waals surface area contributed by atoms with Crippen molar-refractivity contribution in [3.05, 3.63) is 16.6 Å². The highest BCUT2D eigenvalue weighted by Crippen LogP contribution is 2.17. The van der Waals surface area contributed by atoms with Gasteiger partial charge in [0.25, 0.3) is 0 Å². The summed E-state index contributed by atoms with van der Waals surface area (Å²) in [5, 5.41) is 5.73. The molecule has 0 radical (unpaired) electrons. The fourth-order valence-corrected chi connectivity index (χ4v) is 2.80. The van der Waals surface area contributed by atoms with E-state index >= 15 is 0 Å². The van der Waals surface area contributed by atoms with Crippen LogP contribution in [0.1, 0.15) is 31.5 Å². The summed E-state index contributed by atoms with van der Waals surface area (Å²) in [7, 11) is 2.21. The van der Waals surface area contributed by atoms with E-state index in [0.29, 0.717) is 6.04 Å². The van der Waals surface area contributed by atoms with E-state index in [1.165, 1.54) is 31.6 Å². The van der Waals surface area contributed by atoms with Gasteiger partial charge >= 0.3 is 0 Å². The second-order valence-corrected chi connectivity index (χ2v) is 5.51. The number of nitrogens with zero attached hydrogens (tertiary/aromatic N) is 2. The van der Waals surface area contributed by atoms with Crippen LogP contribution >= 0.6 is 11.3 Å². The lowest BCUT2D eigenvalue weighted by atomic mass is 9.97. The van der Waals surface area contributed by atoms with E-state index in [4.69, 9.17) is 0 Å². The molecule has 1 N–H and O–H groups in total. The van der Waals surface area contributed by atoms with E-state index < -0.39 is 0 Å². The van der Waals surface area contributed by atoms with Crippen LogP contribution < -0.4 is 5.32 Å². The third-order valence-electron chi connectivity index (χ3n) is 3.45. The van der Waals surface area contributed by atoms with Crippen LogP contribution in [0.25, 0.3) is 0 Å². The molecule has 1 unspecified atom stereocenters.